The number of hydrogen-bond donors (Lipinski definition) is 1. The Hall–Kier alpha value is -0.610. The summed E-state index contributed by atoms with van der Waals surface area (Å²) < 4.78 is 5.45. The number of carboxylic acids is 1. The van der Waals surface area contributed by atoms with Crippen molar-refractivity contribution in [2.45, 2.75) is 38.8 Å². The summed E-state index contributed by atoms with van der Waals surface area (Å²) in [4.78, 5) is 13.1. The molecule has 0 radical (unpaired) electrons. The number of carbonyl (C=O) groups is 1. The predicted octanol–water partition coefficient (Wildman–Crippen LogP) is 1.31. The molecule has 0 aliphatic carbocycles. The molecule has 1 rings (SSSR count). The van der Waals surface area contributed by atoms with Crippen molar-refractivity contribution in [3.8, 4) is 0 Å². The van der Waals surface area contributed by atoms with Crippen LogP contribution >= 0.6 is 0 Å². The van der Waals surface area contributed by atoms with Gasteiger partial charge in [0.25, 0.3) is 0 Å². The van der Waals surface area contributed by atoms with E-state index in [4.69, 9.17) is 9.84 Å². The van der Waals surface area contributed by atoms with Crippen LogP contribution in [0.1, 0.15) is 33.1 Å². The molecule has 14 heavy (non-hydrogen) atoms. The lowest BCUT2D eigenvalue weighted by Crippen LogP contribution is -2.53. The van der Waals surface area contributed by atoms with Crippen LogP contribution in [0.25, 0.3) is 0 Å². The average Bonchev–Trinajstić information content (AvgIpc) is 2.66. The van der Waals surface area contributed by atoms with Crippen molar-refractivity contribution in [1.82, 2.24) is 4.90 Å². The van der Waals surface area contributed by atoms with E-state index in [1.54, 1.807) is 6.92 Å². The number of carboxylic acid groups (broad SMARTS) is 1. The molecular formula is C10H19NO3. The molecule has 0 aromatic rings. The first-order valence-electron chi connectivity index (χ1n) is 5.23. The third-order valence-corrected chi connectivity index (χ3v) is 2.69. The highest BCUT2D eigenvalue weighted by Gasteiger charge is 2.41. The monoisotopic (exact) mass is 201 g/mol. The second kappa shape index (κ2) is 4.75. The molecular weight excluding hydrogens is 182 g/mol. The lowest BCUT2D eigenvalue weighted by Gasteiger charge is -2.34. The summed E-state index contributed by atoms with van der Waals surface area (Å²) in [5.74, 6) is -0.882. The molecule has 1 unspecified atom stereocenters. The van der Waals surface area contributed by atoms with Crippen molar-refractivity contribution in [3.63, 3.8) is 0 Å². The van der Waals surface area contributed by atoms with Gasteiger partial charge in [-0.3, -0.25) is 4.90 Å². The van der Waals surface area contributed by atoms with Gasteiger partial charge in [-0.1, -0.05) is 6.92 Å². The number of ether oxygens (including phenoxy) is 1. The molecule has 1 saturated heterocycles. The van der Waals surface area contributed by atoms with Gasteiger partial charge in [0.05, 0.1) is 0 Å². The van der Waals surface area contributed by atoms with E-state index in [1.807, 2.05) is 11.8 Å². The summed E-state index contributed by atoms with van der Waals surface area (Å²) in [5.41, 5.74) is -1.12. The highest BCUT2D eigenvalue weighted by atomic mass is 16.5. The van der Waals surface area contributed by atoms with E-state index in [9.17, 15) is 4.79 Å². The van der Waals surface area contributed by atoms with Gasteiger partial charge in [0.2, 0.25) is 5.72 Å². The molecule has 1 fully saturated rings. The van der Waals surface area contributed by atoms with Crippen molar-refractivity contribution in [3.05, 3.63) is 0 Å². The van der Waals surface area contributed by atoms with Crippen LogP contribution in [0.15, 0.2) is 0 Å². The molecule has 0 amide bonds. The lowest BCUT2D eigenvalue weighted by atomic mass is 10.2. The third-order valence-electron chi connectivity index (χ3n) is 2.69. The zero-order chi connectivity index (χ0) is 10.6. The minimum absolute atomic E-state index is 0.499. The van der Waals surface area contributed by atoms with E-state index >= 15 is 0 Å². The Morgan fingerprint density at radius 2 is 2.07 bits per heavy atom. The number of likely N-dealkylation sites (tertiary alicyclic amines) is 1. The molecule has 4 heteroatoms. The summed E-state index contributed by atoms with van der Waals surface area (Å²) in [7, 11) is 0. The Bertz CT molecular complexity index is 202. The molecule has 0 spiro atoms. The number of rotatable bonds is 5. The quantitative estimate of drug-likeness (QED) is 0.728. The highest BCUT2D eigenvalue weighted by molar-refractivity contribution is 5.76. The first kappa shape index (κ1) is 11.5. The van der Waals surface area contributed by atoms with Gasteiger partial charge in [-0.05, 0) is 26.2 Å². The molecule has 4 nitrogen and oxygen atoms in total. The van der Waals surface area contributed by atoms with Gasteiger partial charge in [-0.2, -0.15) is 0 Å². The Balaban J connectivity index is 2.64. The largest absolute Gasteiger partial charge is 0.478 e. The van der Waals surface area contributed by atoms with E-state index < -0.39 is 11.7 Å². The fourth-order valence-corrected chi connectivity index (χ4v) is 1.73. The molecule has 1 aliphatic heterocycles. The zero-order valence-corrected chi connectivity index (χ0v) is 8.95. The Kier molecular flexibility index (Phi) is 3.89. The lowest BCUT2D eigenvalue weighted by molar-refractivity contribution is -0.190. The van der Waals surface area contributed by atoms with E-state index in [0.717, 1.165) is 32.4 Å². The van der Waals surface area contributed by atoms with E-state index in [-0.39, 0.29) is 0 Å². The highest BCUT2D eigenvalue weighted by Crippen LogP contribution is 2.23. The van der Waals surface area contributed by atoms with Crippen molar-refractivity contribution in [2.24, 2.45) is 0 Å². The first-order valence-corrected chi connectivity index (χ1v) is 5.23. The van der Waals surface area contributed by atoms with Crippen molar-refractivity contribution < 1.29 is 14.6 Å². The van der Waals surface area contributed by atoms with Crippen LogP contribution in [-0.2, 0) is 9.53 Å². The molecule has 0 aromatic heterocycles. The molecule has 1 aliphatic rings. The zero-order valence-electron chi connectivity index (χ0n) is 8.95. The van der Waals surface area contributed by atoms with Crippen LogP contribution < -0.4 is 0 Å². The van der Waals surface area contributed by atoms with Crippen LogP contribution in [-0.4, -0.2) is 41.4 Å². The second-order valence-electron chi connectivity index (χ2n) is 3.83. The van der Waals surface area contributed by atoms with E-state index in [0.29, 0.717) is 6.61 Å². The molecule has 1 atom stereocenters. The molecule has 0 aromatic carbocycles. The molecule has 1 N–H and O–H groups in total. The maximum absolute atomic E-state index is 11.1. The van der Waals surface area contributed by atoms with Crippen LogP contribution in [0.4, 0.5) is 0 Å². The third kappa shape index (κ3) is 2.25. The average molecular weight is 201 g/mol. The fourth-order valence-electron chi connectivity index (χ4n) is 1.73. The summed E-state index contributed by atoms with van der Waals surface area (Å²) >= 11 is 0. The SMILES string of the molecule is CCCOC(C)(C(=O)O)N1CCCC1. The topological polar surface area (TPSA) is 49.8 Å². The number of nitrogens with zero attached hydrogens (tertiary/aromatic N) is 1. The maximum Gasteiger partial charge on any atom is 0.351 e. The van der Waals surface area contributed by atoms with E-state index in [2.05, 4.69) is 0 Å². The summed E-state index contributed by atoms with van der Waals surface area (Å²) in [6.07, 6.45) is 2.98. The predicted molar refractivity (Wildman–Crippen MR) is 53.1 cm³/mol. The normalized spacial score (nSPS) is 22.1. The van der Waals surface area contributed by atoms with Crippen molar-refractivity contribution in [1.29, 1.82) is 0 Å². The van der Waals surface area contributed by atoms with Crippen molar-refractivity contribution >= 4 is 5.97 Å². The summed E-state index contributed by atoms with van der Waals surface area (Å²) in [5, 5.41) is 9.15. The van der Waals surface area contributed by atoms with Crippen LogP contribution in [0.3, 0.4) is 0 Å². The Labute approximate surface area is 84.8 Å². The van der Waals surface area contributed by atoms with Crippen LogP contribution in [0.5, 0.6) is 0 Å². The second-order valence-corrected chi connectivity index (χ2v) is 3.83. The minimum atomic E-state index is -1.12. The fraction of sp³-hybridized carbons (Fsp3) is 0.900. The Morgan fingerprint density at radius 1 is 1.50 bits per heavy atom. The maximum atomic E-state index is 11.1. The molecule has 1 heterocycles. The Morgan fingerprint density at radius 3 is 2.50 bits per heavy atom. The van der Waals surface area contributed by atoms with Gasteiger partial charge in [-0.25, -0.2) is 4.79 Å². The first-order chi connectivity index (χ1) is 6.61. The van der Waals surface area contributed by atoms with Crippen molar-refractivity contribution in [2.75, 3.05) is 19.7 Å². The van der Waals surface area contributed by atoms with E-state index in [1.165, 1.54) is 0 Å². The summed E-state index contributed by atoms with van der Waals surface area (Å²) in [6.45, 7) is 5.78. The van der Waals surface area contributed by atoms with Gasteiger partial charge < -0.3 is 9.84 Å². The van der Waals surface area contributed by atoms with Gasteiger partial charge in [-0.15, -0.1) is 0 Å². The number of aliphatic carboxylic acids is 1. The van der Waals surface area contributed by atoms with Gasteiger partial charge in [0.1, 0.15) is 0 Å². The number of hydrogen-bond acceptors (Lipinski definition) is 3. The minimum Gasteiger partial charge on any atom is -0.478 e. The smallest absolute Gasteiger partial charge is 0.351 e. The van der Waals surface area contributed by atoms with Gasteiger partial charge in [0, 0.05) is 19.7 Å². The molecule has 82 valence electrons. The standard InChI is InChI=1S/C10H19NO3/c1-3-8-14-10(2,9(12)13)11-6-4-5-7-11/h3-8H2,1-2H3,(H,12,13). The van der Waals surface area contributed by atoms with Crippen LogP contribution in [0.2, 0.25) is 0 Å². The van der Waals surface area contributed by atoms with Crippen LogP contribution in [0, 0.1) is 0 Å². The summed E-state index contributed by atoms with van der Waals surface area (Å²) in [6, 6.07) is 0. The molecule has 0 saturated carbocycles. The molecule has 0 bridgehead atoms. The van der Waals surface area contributed by atoms with Gasteiger partial charge >= 0.3 is 5.97 Å². The van der Waals surface area contributed by atoms with Gasteiger partial charge in [0.15, 0.2) is 0 Å².